The largest absolute Gasteiger partial charge is 0.545 e. The highest BCUT2D eigenvalue weighted by molar-refractivity contribution is 6.33. The van der Waals surface area contributed by atoms with Gasteiger partial charge in [-0.1, -0.05) is 24.2 Å². The van der Waals surface area contributed by atoms with E-state index in [-0.39, 0.29) is 22.0 Å². The number of carboxylic acids is 1. The Balaban J connectivity index is 1.89. The summed E-state index contributed by atoms with van der Waals surface area (Å²) in [6.07, 6.45) is 1.66. The van der Waals surface area contributed by atoms with Gasteiger partial charge in [-0.25, -0.2) is 9.48 Å². The van der Waals surface area contributed by atoms with E-state index in [4.69, 9.17) is 11.6 Å². The number of aromatic amines is 1. The topological polar surface area (TPSA) is 105 Å². The van der Waals surface area contributed by atoms with E-state index in [1.54, 1.807) is 30.8 Å². The van der Waals surface area contributed by atoms with Gasteiger partial charge >= 0.3 is 5.69 Å². The van der Waals surface area contributed by atoms with Gasteiger partial charge in [-0.15, -0.1) is 0 Å². The highest BCUT2D eigenvalue weighted by atomic mass is 35.5. The molecule has 0 saturated carbocycles. The third-order valence-electron chi connectivity index (χ3n) is 5.04. The summed E-state index contributed by atoms with van der Waals surface area (Å²) in [5.41, 5.74) is 1.73. The zero-order valence-electron chi connectivity index (χ0n) is 16.1. The number of carboxylic acid groups (broad SMARTS) is 1. The number of rotatable bonds is 3. The van der Waals surface area contributed by atoms with Crippen molar-refractivity contribution in [2.75, 3.05) is 0 Å². The molecule has 2 aromatic carbocycles. The molecule has 1 N–H and O–H groups in total. The van der Waals surface area contributed by atoms with Crippen LogP contribution in [0.15, 0.2) is 46.0 Å². The maximum Gasteiger partial charge on any atom is 0.328 e. The number of nitrogens with zero attached hydrogens (tertiary/aromatic N) is 3. The Morgan fingerprint density at radius 1 is 1.10 bits per heavy atom. The minimum Gasteiger partial charge on any atom is -0.545 e. The number of hydrogen-bond acceptors (Lipinski definition) is 4. The number of H-pyrrole nitrogens is 1. The van der Waals surface area contributed by atoms with E-state index in [0.29, 0.717) is 16.1 Å². The van der Waals surface area contributed by atoms with Gasteiger partial charge in [0.25, 0.3) is 5.56 Å². The van der Waals surface area contributed by atoms with Crippen molar-refractivity contribution in [2.45, 2.75) is 0 Å². The van der Waals surface area contributed by atoms with Gasteiger partial charge in [0, 0.05) is 24.7 Å². The van der Waals surface area contributed by atoms with E-state index < -0.39 is 11.5 Å². The van der Waals surface area contributed by atoms with Crippen molar-refractivity contribution >= 4 is 41.3 Å². The lowest BCUT2D eigenvalue weighted by atomic mass is 10.1. The van der Waals surface area contributed by atoms with Gasteiger partial charge in [-0.3, -0.25) is 19.0 Å². The van der Waals surface area contributed by atoms with Gasteiger partial charge in [-0.05, 0) is 42.0 Å². The Morgan fingerprint density at radius 3 is 2.50 bits per heavy atom. The zero-order valence-corrected chi connectivity index (χ0v) is 16.9. The molecular formula is C21H16ClN4O4-. The first-order valence-electron chi connectivity index (χ1n) is 8.87. The fourth-order valence-electron chi connectivity index (χ4n) is 3.42. The van der Waals surface area contributed by atoms with Crippen LogP contribution in [-0.2, 0) is 14.1 Å². The number of aromatic nitrogens is 4. The molecule has 152 valence electrons. The number of carbonyl (C=O) groups is 1. The van der Waals surface area contributed by atoms with Gasteiger partial charge in [0.15, 0.2) is 0 Å². The molecule has 0 aliphatic rings. The van der Waals surface area contributed by atoms with Crippen molar-refractivity contribution in [3.05, 3.63) is 84.0 Å². The third kappa shape index (κ3) is 2.98. The van der Waals surface area contributed by atoms with Crippen molar-refractivity contribution in [3.8, 4) is 5.69 Å². The SMILES string of the molecule is C=c1[nH]n(-c2ccc(Cl)c(C(=O)[O-])c2)c(=O)c1=Cc1ccc2c(c1)n(C)c(=O)n2C. The first-order valence-corrected chi connectivity index (χ1v) is 9.25. The molecule has 0 spiro atoms. The second kappa shape index (κ2) is 6.93. The van der Waals surface area contributed by atoms with Crippen molar-refractivity contribution in [3.63, 3.8) is 0 Å². The summed E-state index contributed by atoms with van der Waals surface area (Å²) in [6, 6.07) is 9.57. The molecule has 4 aromatic rings. The lowest BCUT2D eigenvalue weighted by Crippen LogP contribution is -2.34. The van der Waals surface area contributed by atoms with Crippen molar-refractivity contribution in [2.24, 2.45) is 14.1 Å². The predicted molar refractivity (Wildman–Crippen MR) is 112 cm³/mol. The third-order valence-corrected chi connectivity index (χ3v) is 5.37. The van der Waals surface area contributed by atoms with Gasteiger partial charge in [0.2, 0.25) is 0 Å². The van der Waals surface area contributed by atoms with Crippen LogP contribution >= 0.6 is 11.6 Å². The Kier molecular flexibility index (Phi) is 4.51. The number of benzene rings is 2. The molecule has 0 unspecified atom stereocenters. The standard InChI is InChI=1S/C21H17ClN4O4/c1-11-14(8-12-4-7-17-18(9-12)25(3)21(30)24(17)2)19(27)26(23-11)13-5-6-16(22)15(10-13)20(28)29/h4-10,23H,1H2,2-3H3,(H,28,29)/p-1. The molecule has 4 rings (SSSR count). The van der Waals surface area contributed by atoms with E-state index in [9.17, 15) is 19.5 Å². The summed E-state index contributed by atoms with van der Waals surface area (Å²) in [4.78, 5) is 36.3. The Morgan fingerprint density at radius 2 is 1.80 bits per heavy atom. The average Bonchev–Trinajstić information content (AvgIpc) is 3.11. The fourth-order valence-corrected chi connectivity index (χ4v) is 3.61. The van der Waals surface area contributed by atoms with Crippen LogP contribution in [0, 0.1) is 0 Å². The smallest absolute Gasteiger partial charge is 0.328 e. The summed E-state index contributed by atoms with van der Waals surface area (Å²) in [5.74, 6) is -1.44. The van der Waals surface area contributed by atoms with Crippen LogP contribution in [0.1, 0.15) is 15.9 Å². The van der Waals surface area contributed by atoms with Crippen LogP contribution < -0.4 is 26.9 Å². The van der Waals surface area contributed by atoms with E-state index in [1.807, 2.05) is 12.1 Å². The van der Waals surface area contributed by atoms with Crippen LogP contribution in [0.4, 0.5) is 0 Å². The molecule has 2 aromatic heterocycles. The van der Waals surface area contributed by atoms with Crippen molar-refractivity contribution in [1.29, 1.82) is 0 Å². The molecule has 8 nitrogen and oxygen atoms in total. The van der Waals surface area contributed by atoms with Gasteiger partial charge in [-0.2, -0.15) is 0 Å². The van der Waals surface area contributed by atoms with Crippen molar-refractivity contribution in [1.82, 2.24) is 18.9 Å². The number of fused-ring (bicyclic) bond motifs is 1. The Labute approximate surface area is 174 Å². The summed E-state index contributed by atoms with van der Waals surface area (Å²) < 4.78 is 4.26. The van der Waals surface area contributed by atoms with Gasteiger partial charge in [0.1, 0.15) is 0 Å². The highest BCUT2D eigenvalue weighted by Gasteiger charge is 2.10. The quantitative estimate of drug-likeness (QED) is 0.484. The lowest BCUT2D eigenvalue weighted by molar-refractivity contribution is -0.255. The molecule has 0 amide bonds. The summed E-state index contributed by atoms with van der Waals surface area (Å²) in [5, 5.41) is 14.7. The molecule has 9 heteroatoms. The monoisotopic (exact) mass is 423 g/mol. The number of hydrogen-bond donors (Lipinski definition) is 1. The number of carbonyl (C=O) groups excluding carboxylic acids is 1. The number of aromatic carboxylic acids is 1. The lowest BCUT2D eigenvalue weighted by Gasteiger charge is -2.08. The van der Waals surface area contributed by atoms with E-state index in [1.165, 1.54) is 27.4 Å². The number of aryl methyl sites for hydroxylation is 2. The second-order valence-electron chi connectivity index (χ2n) is 6.89. The first-order chi connectivity index (χ1) is 14.2. The van der Waals surface area contributed by atoms with Crippen LogP contribution in [0.5, 0.6) is 0 Å². The normalized spacial score (nSPS) is 12.0. The fraction of sp³-hybridized carbons (Fsp3) is 0.0952. The Bertz CT molecular complexity index is 1570. The molecule has 0 aliphatic carbocycles. The molecule has 0 bridgehead atoms. The van der Waals surface area contributed by atoms with Gasteiger partial charge < -0.3 is 9.90 Å². The maximum atomic E-state index is 13.0. The van der Waals surface area contributed by atoms with Crippen LogP contribution in [0.25, 0.3) is 29.4 Å². The molecule has 0 atom stereocenters. The van der Waals surface area contributed by atoms with Crippen LogP contribution in [0.2, 0.25) is 5.02 Å². The van der Waals surface area contributed by atoms with Crippen molar-refractivity contribution < 1.29 is 9.90 Å². The summed E-state index contributed by atoms with van der Waals surface area (Å²) in [7, 11) is 3.37. The highest BCUT2D eigenvalue weighted by Crippen LogP contribution is 2.18. The molecular weight excluding hydrogens is 408 g/mol. The minimum absolute atomic E-state index is 0.0155. The molecule has 0 fully saturated rings. The molecule has 0 aliphatic heterocycles. The van der Waals surface area contributed by atoms with E-state index in [0.717, 1.165) is 11.0 Å². The van der Waals surface area contributed by atoms with E-state index >= 15 is 0 Å². The molecule has 2 heterocycles. The van der Waals surface area contributed by atoms with Gasteiger partial charge in [0.05, 0.1) is 33.3 Å². The minimum atomic E-state index is -1.44. The number of imidazole rings is 1. The zero-order chi connectivity index (χ0) is 21.7. The van der Waals surface area contributed by atoms with E-state index in [2.05, 4.69) is 11.7 Å². The maximum absolute atomic E-state index is 13.0. The average molecular weight is 424 g/mol. The number of nitrogens with one attached hydrogen (secondary N) is 1. The summed E-state index contributed by atoms with van der Waals surface area (Å²) >= 11 is 5.87. The Hall–Kier alpha value is -3.78. The summed E-state index contributed by atoms with van der Waals surface area (Å²) in [6.45, 7) is 3.88. The molecule has 30 heavy (non-hydrogen) atoms. The van der Waals surface area contributed by atoms with Crippen LogP contribution in [0.3, 0.4) is 0 Å². The number of halogens is 1. The first kappa shape index (κ1) is 19.5. The molecule has 0 radical (unpaired) electrons. The predicted octanol–water partition coefficient (Wildman–Crippen LogP) is -0.388. The second-order valence-corrected chi connectivity index (χ2v) is 7.30. The molecule has 0 saturated heterocycles. The van der Waals surface area contributed by atoms with Crippen LogP contribution in [-0.4, -0.2) is 24.9 Å².